The lowest BCUT2D eigenvalue weighted by molar-refractivity contribution is 0.0915. The third-order valence-electron chi connectivity index (χ3n) is 1.82. The molecule has 0 unspecified atom stereocenters. The highest BCUT2D eigenvalue weighted by Crippen LogP contribution is 2.08. The van der Waals surface area contributed by atoms with E-state index in [1.807, 2.05) is 17.5 Å². The minimum absolute atomic E-state index is 0.115. The molecule has 0 radical (unpaired) electrons. The summed E-state index contributed by atoms with van der Waals surface area (Å²) in [5, 5.41) is 4.70. The van der Waals surface area contributed by atoms with Gasteiger partial charge in [-0.3, -0.25) is 4.79 Å². The predicted molar refractivity (Wildman–Crippen MR) is 56.7 cm³/mol. The Morgan fingerprint density at radius 2 is 2.53 bits per heavy atom. The summed E-state index contributed by atoms with van der Waals surface area (Å²) < 4.78 is 5.10. The second-order valence-electron chi connectivity index (χ2n) is 3.04. The van der Waals surface area contributed by atoms with E-state index in [-0.39, 0.29) is 11.8 Å². The Bertz CT molecular complexity index is 448. The van der Waals surface area contributed by atoms with Gasteiger partial charge >= 0.3 is 5.91 Å². The van der Waals surface area contributed by atoms with Crippen LogP contribution in [0.25, 0.3) is 0 Å². The number of nitrogens with zero attached hydrogens (tertiary/aromatic N) is 1. The van der Waals surface area contributed by atoms with Crippen LogP contribution in [0.2, 0.25) is 0 Å². The molecule has 0 aliphatic heterocycles. The molecule has 1 amide bonds. The Hall–Kier alpha value is -1.62. The van der Waals surface area contributed by atoms with E-state index < -0.39 is 0 Å². The topological polar surface area (TPSA) is 55.1 Å². The molecule has 15 heavy (non-hydrogen) atoms. The number of rotatable bonds is 3. The highest BCUT2D eigenvalue weighted by atomic mass is 32.1. The fraction of sp³-hybridized carbons (Fsp3) is 0.200. The van der Waals surface area contributed by atoms with Gasteiger partial charge in [0.2, 0.25) is 0 Å². The zero-order valence-electron chi connectivity index (χ0n) is 8.19. The maximum atomic E-state index is 11.5. The highest BCUT2D eigenvalue weighted by molar-refractivity contribution is 7.09. The highest BCUT2D eigenvalue weighted by Gasteiger charge is 2.11. The lowest BCUT2D eigenvalue weighted by atomic mass is 10.4. The number of nitrogens with one attached hydrogen (secondary N) is 1. The second-order valence-corrected chi connectivity index (χ2v) is 4.07. The van der Waals surface area contributed by atoms with E-state index in [9.17, 15) is 4.79 Å². The SMILES string of the molecule is Cc1cnc(C(=O)NCc2cccs2)o1. The molecule has 0 atom stereocenters. The molecule has 2 aromatic heterocycles. The van der Waals surface area contributed by atoms with Gasteiger partial charge in [0.25, 0.3) is 5.89 Å². The molecule has 0 aliphatic carbocycles. The van der Waals surface area contributed by atoms with E-state index in [0.717, 1.165) is 4.88 Å². The van der Waals surface area contributed by atoms with E-state index >= 15 is 0 Å². The lowest BCUT2D eigenvalue weighted by Crippen LogP contribution is -2.22. The van der Waals surface area contributed by atoms with Crippen LogP contribution in [0.5, 0.6) is 0 Å². The van der Waals surface area contributed by atoms with Crippen LogP contribution >= 0.6 is 11.3 Å². The zero-order chi connectivity index (χ0) is 10.7. The molecule has 2 aromatic rings. The smallest absolute Gasteiger partial charge is 0.307 e. The Balaban J connectivity index is 1.93. The number of hydrogen-bond donors (Lipinski definition) is 1. The molecule has 1 N–H and O–H groups in total. The number of amides is 1. The van der Waals surface area contributed by atoms with Crippen LogP contribution in [-0.4, -0.2) is 10.9 Å². The van der Waals surface area contributed by atoms with Gasteiger partial charge in [-0.05, 0) is 18.4 Å². The fourth-order valence-electron chi connectivity index (χ4n) is 1.12. The van der Waals surface area contributed by atoms with Crippen LogP contribution in [-0.2, 0) is 6.54 Å². The molecule has 0 aliphatic rings. The van der Waals surface area contributed by atoms with Gasteiger partial charge in [0, 0.05) is 4.88 Å². The zero-order valence-corrected chi connectivity index (χ0v) is 9.00. The van der Waals surface area contributed by atoms with Crippen LogP contribution in [0.4, 0.5) is 0 Å². The van der Waals surface area contributed by atoms with Crippen LogP contribution in [0.1, 0.15) is 21.3 Å². The number of aromatic nitrogens is 1. The molecule has 0 fully saturated rings. The van der Waals surface area contributed by atoms with Crippen molar-refractivity contribution < 1.29 is 9.21 Å². The van der Waals surface area contributed by atoms with E-state index in [1.54, 1.807) is 18.3 Å². The first-order valence-corrected chi connectivity index (χ1v) is 5.36. The summed E-state index contributed by atoms with van der Waals surface area (Å²) in [6.45, 7) is 2.26. The predicted octanol–water partition coefficient (Wildman–Crippen LogP) is 1.97. The summed E-state index contributed by atoms with van der Waals surface area (Å²) >= 11 is 1.60. The number of aryl methyl sites for hydroxylation is 1. The third kappa shape index (κ3) is 2.44. The third-order valence-corrected chi connectivity index (χ3v) is 2.70. The van der Waals surface area contributed by atoms with Crippen molar-refractivity contribution in [2.75, 3.05) is 0 Å². The lowest BCUT2D eigenvalue weighted by Gasteiger charge is -1.98. The molecular formula is C10H10N2O2S. The molecule has 4 nitrogen and oxygen atoms in total. The summed E-state index contributed by atoms with van der Waals surface area (Å²) in [5.74, 6) is 0.469. The summed E-state index contributed by atoms with van der Waals surface area (Å²) in [4.78, 5) is 16.4. The number of carbonyl (C=O) groups excluding carboxylic acids is 1. The molecule has 2 heterocycles. The van der Waals surface area contributed by atoms with Crippen molar-refractivity contribution in [3.8, 4) is 0 Å². The van der Waals surface area contributed by atoms with Crippen molar-refractivity contribution in [2.24, 2.45) is 0 Å². The Morgan fingerprint density at radius 1 is 1.67 bits per heavy atom. The minimum atomic E-state index is -0.281. The standard InChI is InChI=1S/C10H10N2O2S/c1-7-5-12-10(14-7)9(13)11-6-8-3-2-4-15-8/h2-5H,6H2,1H3,(H,11,13). The summed E-state index contributed by atoms with van der Waals surface area (Å²) in [6, 6.07) is 3.91. The van der Waals surface area contributed by atoms with Gasteiger partial charge in [0.05, 0.1) is 12.7 Å². The minimum Gasteiger partial charge on any atom is -0.438 e. The van der Waals surface area contributed by atoms with Crippen LogP contribution in [0, 0.1) is 6.92 Å². The van der Waals surface area contributed by atoms with E-state index in [0.29, 0.717) is 12.3 Å². The van der Waals surface area contributed by atoms with Crippen molar-refractivity contribution in [3.05, 3.63) is 40.2 Å². The molecule has 2 rings (SSSR count). The van der Waals surface area contributed by atoms with Gasteiger partial charge in [-0.25, -0.2) is 4.98 Å². The molecule has 0 saturated heterocycles. The maximum Gasteiger partial charge on any atom is 0.307 e. The van der Waals surface area contributed by atoms with Crippen LogP contribution < -0.4 is 5.32 Å². The number of oxazole rings is 1. The molecule has 5 heteroatoms. The number of thiophene rings is 1. The van der Waals surface area contributed by atoms with E-state index in [2.05, 4.69) is 10.3 Å². The molecule has 0 aromatic carbocycles. The molecule has 0 bridgehead atoms. The molecule has 0 spiro atoms. The summed E-state index contributed by atoms with van der Waals surface area (Å²) in [6.07, 6.45) is 1.53. The Kier molecular flexibility index (Phi) is 2.82. The first-order valence-electron chi connectivity index (χ1n) is 4.49. The molecular weight excluding hydrogens is 212 g/mol. The normalized spacial score (nSPS) is 10.2. The van der Waals surface area contributed by atoms with Crippen molar-refractivity contribution in [1.29, 1.82) is 0 Å². The first kappa shape index (κ1) is 9.92. The maximum absolute atomic E-state index is 11.5. The van der Waals surface area contributed by atoms with Crippen LogP contribution in [0.15, 0.2) is 28.1 Å². The number of carbonyl (C=O) groups is 1. The largest absolute Gasteiger partial charge is 0.438 e. The number of hydrogen-bond acceptors (Lipinski definition) is 4. The fourth-order valence-corrected chi connectivity index (χ4v) is 1.76. The first-order chi connectivity index (χ1) is 7.25. The average molecular weight is 222 g/mol. The summed E-state index contributed by atoms with van der Waals surface area (Å²) in [5.41, 5.74) is 0. The van der Waals surface area contributed by atoms with E-state index in [1.165, 1.54) is 6.20 Å². The monoisotopic (exact) mass is 222 g/mol. The van der Waals surface area contributed by atoms with Gasteiger partial charge in [-0.1, -0.05) is 6.07 Å². The van der Waals surface area contributed by atoms with E-state index in [4.69, 9.17) is 4.42 Å². The van der Waals surface area contributed by atoms with Gasteiger partial charge in [0.1, 0.15) is 5.76 Å². The van der Waals surface area contributed by atoms with Gasteiger partial charge in [-0.2, -0.15) is 0 Å². The van der Waals surface area contributed by atoms with Crippen molar-refractivity contribution >= 4 is 17.2 Å². The Labute approximate surface area is 90.9 Å². The van der Waals surface area contributed by atoms with Gasteiger partial charge in [0.15, 0.2) is 0 Å². The quantitative estimate of drug-likeness (QED) is 0.863. The van der Waals surface area contributed by atoms with Crippen LogP contribution in [0.3, 0.4) is 0 Å². The van der Waals surface area contributed by atoms with Crippen molar-refractivity contribution in [2.45, 2.75) is 13.5 Å². The Morgan fingerprint density at radius 3 is 3.13 bits per heavy atom. The van der Waals surface area contributed by atoms with Crippen molar-refractivity contribution in [1.82, 2.24) is 10.3 Å². The summed E-state index contributed by atoms with van der Waals surface area (Å²) in [7, 11) is 0. The molecule has 78 valence electrons. The second kappa shape index (κ2) is 4.27. The molecule has 0 saturated carbocycles. The van der Waals surface area contributed by atoms with Crippen molar-refractivity contribution in [3.63, 3.8) is 0 Å². The average Bonchev–Trinajstić information content (AvgIpc) is 2.84. The van der Waals surface area contributed by atoms with Gasteiger partial charge < -0.3 is 9.73 Å². The van der Waals surface area contributed by atoms with Gasteiger partial charge in [-0.15, -0.1) is 11.3 Å².